The van der Waals surface area contributed by atoms with Crippen molar-refractivity contribution in [2.24, 2.45) is 5.73 Å². The van der Waals surface area contributed by atoms with Gasteiger partial charge in [-0.1, -0.05) is 64.6 Å². The molecule has 0 saturated heterocycles. The van der Waals surface area contributed by atoms with Gasteiger partial charge >= 0.3 is 0 Å². The standard InChI is InChI=1S/C14H11Cl4N/c15-10-5-4-8(6-12(10)17)7-13(19)9-2-1-3-11(16)14(9)18/h1-6,13H,7,19H2. The van der Waals surface area contributed by atoms with Crippen LogP contribution in [-0.2, 0) is 6.42 Å². The van der Waals surface area contributed by atoms with E-state index < -0.39 is 0 Å². The molecule has 0 aliphatic carbocycles. The summed E-state index contributed by atoms with van der Waals surface area (Å²) in [5.41, 5.74) is 7.98. The molecule has 0 heterocycles. The molecule has 5 heteroatoms. The highest BCUT2D eigenvalue weighted by molar-refractivity contribution is 6.42. The summed E-state index contributed by atoms with van der Waals surface area (Å²) in [6.45, 7) is 0. The Bertz CT molecular complexity index is 598. The van der Waals surface area contributed by atoms with Gasteiger partial charge < -0.3 is 5.73 Å². The molecule has 0 fully saturated rings. The topological polar surface area (TPSA) is 26.0 Å². The highest BCUT2D eigenvalue weighted by atomic mass is 35.5. The molecule has 2 aromatic carbocycles. The maximum atomic E-state index is 6.17. The third kappa shape index (κ3) is 3.56. The molecule has 1 atom stereocenters. The lowest BCUT2D eigenvalue weighted by molar-refractivity contribution is 0.722. The minimum atomic E-state index is -0.247. The summed E-state index contributed by atoms with van der Waals surface area (Å²) in [5.74, 6) is 0. The number of halogens is 4. The molecule has 100 valence electrons. The highest BCUT2D eigenvalue weighted by Gasteiger charge is 2.13. The molecule has 0 aliphatic rings. The Morgan fingerprint density at radius 1 is 0.895 bits per heavy atom. The third-order valence-electron chi connectivity index (χ3n) is 2.82. The molecule has 0 radical (unpaired) electrons. The Labute approximate surface area is 132 Å². The second-order valence-corrected chi connectivity index (χ2v) is 5.80. The smallest absolute Gasteiger partial charge is 0.0640 e. The minimum absolute atomic E-state index is 0.247. The fourth-order valence-corrected chi connectivity index (χ4v) is 2.61. The normalized spacial score (nSPS) is 12.5. The second kappa shape index (κ2) is 6.34. The summed E-state index contributed by atoms with van der Waals surface area (Å²) >= 11 is 24.0. The number of benzene rings is 2. The Kier molecular flexibility index (Phi) is 4.99. The van der Waals surface area contributed by atoms with Crippen molar-refractivity contribution in [2.45, 2.75) is 12.5 Å². The van der Waals surface area contributed by atoms with E-state index >= 15 is 0 Å². The zero-order chi connectivity index (χ0) is 14.0. The van der Waals surface area contributed by atoms with E-state index in [0.717, 1.165) is 11.1 Å². The Balaban J connectivity index is 2.23. The molecule has 19 heavy (non-hydrogen) atoms. The van der Waals surface area contributed by atoms with Crippen molar-refractivity contribution in [2.75, 3.05) is 0 Å². The summed E-state index contributed by atoms with van der Waals surface area (Å²) in [6.07, 6.45) is 0.608. The van der Waals surface area contributed by atoms with Crippen molar-refractivity contribution in [3.05, 3.63) is 67.6 Å². The Hall–Kier alpha value is -0.440. The number of nitrogens with two attached hydrogens (primary N) is 1. The van der Waals surface area contributed by atoms with E-state index in [-0.39, 0.29) is 6.04 Å². The number of hydrogen-bond donors (Lipinski definition) is 1. The third-order valence-corrected chi connectivity index (χ3v) is 4.39. The van der Waals surface area contributed by atoms with Crippen molar-refractivity contribution in [1.82, 2.24) is 0 Å². The highest BCUT2D eigenvalue weighted by Crippen LogP contribution is 2.31. The van der Waals surface area contributed by atoms with Gasteiger partial charge in [0.15, 0.2) is 0 Å². The van der Waals surface area contributed by atoms with Crippen LogP contribution in [0.2, 0.25) is 20.1 Å². The van der Waals surface area contributed by atoms with Gasteiger partial charge in [0.1, 0.15) is 0 Å². The monoisotopic (exact) mass is 333 g/mol. The van der Waals surface area contributed by atoms with Gasteiger partial charge in [0, 0.05) is 6.04 Å². The van der Waals surface area contributed by atoms with Gasteiger partial charge in [-0.05, 0) is 35.7 Å². The predicted molar refractivity (Wildman–Crippen MR) is 83.6 cm³/mol. The first kappa shape index (κ1) is 15.0. The van der Waals surface area contributed by atoms with Crippen LogP contribution in [0.15, 0.2) is 36.4 Å². The average Bonchev–Trinajstić information content (AvgIpc) is 2.37. The molecule has 2 aromatic rings. The van der Waals surface area contributed by atoms with Gasteiger partial charge in [-0.3, -0.25) is 0 Å². The molecule has 0 aliphatic heterocycles. The lowest BCUT2D eigenvalue weighted by atomic mass is 10.00. The molecule has 0 spiro atoms. The summed E-state index contributed by atoms with van der Waals surface area (Å²) in [6, 6.07) is 10.7. The molecule has 1 unspecified atom stereocenters. The summed E-state index contributed by atoms with van der Waals surface area (Å²) in [4.78, 5) is 0. The van der Waals surface area contributed by atoms with E-state index in [1.165, 1.54) is 0 Å². The fraction of sp³-hybridized carbons (Fsp3) is 0.143. The van der Waals surface area contributed by atoms with E-state index in [0.29, 0.717) is 26.5 Å². The SMILES string of the molecule is NC(Cc1ccc(Cl)c(Cl)c1)c1cccc(Cl)c1Cl. The van der Waals surface area contributed by atoms with Gasteiger partial charge in [-0.2, -0.15) is 0 Å². The van der Waals surface area contributed by atoms with Crippen LogP contribution in [0.5, 0.6) is 0 Å². The summed E-state index contributed by atoms with van der Waals surface area (Å²) < 4.78 is 0. The first-order valence-corrected chi connectivity index (χ1v) is 7.13. The zero-order valence-corrected chi connectivity index (χ0v) is 12.9. The minimum Gasteiger partial charge on any atom is -0.324 e. The fourth-order valence-electron chi connectivity index (χ4n) is 1.84. The van der Waals surface area contributed by atoms with Crippen LogP contribution in [-0.4, -0.2) is 0 Å². The molecule has 2 N–H and O–H groups in total. The molecule has 1 nitrogen and oxygen atoms in total. The summed E-state index contributed by atoms with van der Waals surface area (Å²) in [5, 5.41) is 2.05. The van der Waals surface area contributed by atoms with Crippen LogP contribution in [0.1, 0.15) is 17.2 Å². The number of rotatable bonds is 3. The maximum absolute atomic E-state index is 6.17. The van der Waals surface area contributed by atoms with Crippen molar-refractivity contribution < 1.29 is 0 Å². The lowest BCUT2D eigenvalue weighted by Crippen LogP contribution is -2.14. The van der Waals surface area contributed by atoms with Crippen LogP contribution in [0.25, 0.3) is 0 Å². The van der Waals surface area contributed by atoms with Gasteiger partial charge in [0.05, 0.1) is 20.1 Å². The Morgan fingerprint density at radius 2 is 1.63 bits per heavy atom. The quantitative estimate of drug-likeness (QED) is 0.783. The van der Waals surface area contributed by atoms with Crippen LogP contribution in [0, 0.1) is 0 Å². The van der Waals surface area contributed by atoms with Crippen molar-refractivity contribution in [3.63, 3.8) is 0 Å². The summed E-state index contributed by atoms with van der Waals surface area (Å²) in [7, 11) is 0. The van der Waals surface area contributed by atoms with Crippen molar-refractivity contribution >= 4 is 46.4 Å². The van der Waals surface area contributed by atoms with E-state index in [9.17, 15) is 0 Å². The molecular weight excluding hydrogens is 324 g/mol. The molecule has 0 saturated carbocycles. The van der Waals surface area contributed by atoms with Crippen molar-refractivity contribution in [1.29, 1.82) is 0 Å². The van der Waals surface area contributed by atoms with Gasteiger partial charge in [-0.25, -0.2) is 0 Å². The van der Waals surface area contributed by atoms with Crippen LogP contribution >= 0.6 is 46.4 Å². The Morgan fingerprint density at radius 3 is 2.32 bits per heavy atom. The average molecular weight is 335 g/mol. The van der Waals surface area contributed by atoms with E-state index in [4.69, 9.17) is 52.1 Å². The van der Waals surface area contributed by atoms with E-state index in [1.54, 1.807) is 12.1 Å². The van der Waals surface area contributed by atoms with Crippen LogP contribution in [0.3, 0.4) is 0 Å². The van der Waals surface area contributed by atoms with Gasteiger partial charge in [-0.15, -0.1) is 0 Å². The predicted octanol–water partition coefficient (Wildman–Crippen LogP) is 5.54. The van der Waals surface area contributed by atoms with E-state index in [1.807, 2.05) is 24.3 Å². The zero-order valence-electron chi connectivity index (χ0n) is 9.84. The maximum Gasteiger partial charge on any atom is 0.0640 e. The first-order valence-electron chi connectivity index (χ1n) is 5.62. The van der Waals surface area contributed by atoms with Gasteiger partial charge in [0.2, 0.25) is 0 Å². The van der Waals surface area contributed by atoms with E-state index in [2.05, 4.69) is 0 Å². The molecule has 2 rings (SSSR count). The van der Waals surface area contributed by atoms with Crippen LogP contribution in [0.4, 0.5) is 0 Å². The van der Waals surface area contributed by atoms with Crippen LogP contribution < -0.4 is 5.73 Å². The van der Waals surface area contributed by atoms with Crippen molar-refractivity contribution in [3.8, 4) is 0 Å². The molecule has 0 bridgehead atoms. The first-order chi connectivity index (χ1) is 8.99. The lowest BCUT2D eigenvalue weighted by Gasteiger charge is -2.15. The molecular formula is C14H11Cl4N. The number of hydrogen-bond acceptors (Lipinski definition) is 1. The largest absolute Gasteiger partial charge is 0.324 e. The molecule has 0 amide bonds. The molecule has 0 aromatic heterocycles. The van der Waals surface area contributed by atoms with Gasteiger partial charge in [0.25, 0.3) is 0 Å². The second-order valence-electron chi connectivity index (χ2n) is 4.20.